The number of benzene rings is 2. The highest BCUT2D eigenvalue weighted by molar-refractivity contribution is 7.09. The maximum absolute atomic E-state index is 13.3. The Labute approximate surface area is 201 Å². The summed E-state index contributed by atoms with van der Waals surface area (Å²) in [7, 11) is 0. The Hall–Kier alpha value is -3.78. The third kappa shape index (κ3) is 5.23. The molecule has 0 saturated carbocycles. The number of amides is 1. The van der Waals surface area contributed by atoms with Gasteiger partial charge in [0.2, 0.25) is 5.91 Å². The van der Waals surface area contributed by atoms with Gasteiger partial charge in [-0.2, -0.15) is 0 Å². The molecule has 0 saturated heterocycles. The molecule has 34 heavy (non-hydrogen) atoms. The monoisotopic (exact) mass is 477 g/mol. The molecule has 0 spiro atoms. The number of hydrogen-bond donors (Lipinski definition) is 1. The summed E-state index contributed by atoms with van der Waals surface area (Å²) in [6, 6.07) is 15.4. The van der Waals surface area contributed by atoms with E-state index in [1.807, 2.05) is 49.6 Å². The Morgan fingerprint density at radius 1 is 1.09 bits per heavy atom. The van der Waals surface area contributed by atoms with Crippen molar-refractivity contribution in [3.05, 3.63) is 99.0 Å². The Morgan fingerprint density at radius 2 is 1.82 bits per heavy atom. The zero-order chi connectivity index (χ0) is 24.2. The standard InChI is InChI=1S/C26H24FN3O3S/c1-16-6-4-5-7-23(16)29-24(31)13-25-28-20(15-34-25)14-33-26(32)22-12-17(2)30(18(22)3)21-10-8-19(27)9-11-21/h4-12,15H,13-14H2,1-3H3,(H,29,31). The molecule has 2 heterocycles. The fourth-order valence-corrected chi connectivity index (χ4v) is 4.49. The third-order valence-electron chi connectivity index (χ3n) is 5.42. The lowest BCUT2D eigenvalue weighted by Crippen LogP contribution is -2.15. The fraction of sp³-hybridized carbons (Fsp3) is 0.192. The summed E-state index contributed by atoms with van der Waals surface area (Å²) in [5.74, 6) is -0.935. The molecule has 0 radical (unpaired) electrons. The normalized spacial score (nSPS) is 10.8. The number of hydrogen-bond acceptors (Lipinski definition) is 5. The Balaban J connectivity index is 1.37. The molecular formula is C26H24FN3O3S. The van der Waals surface area contributed by atoms with Crippen LogP contribution in [0, 0.1) is 26.6 Å². The summed E-state index contributed by atoms with van der Waals surface area (Å²) in [5, 5.41) is 5.32. The summed E-state index contributed by atoms with van der Waals surface area (Å²) in [6.45, 7) is 5.64. The van der Waals surface area contributed by atoms with E-state index in [1.165, 1.54) is 23.5 Å². The van der Waals surface area contributed by atoms with Gasteiger partial charge < -0.3 is 14.6 Å². The maximum Gasteiger partial charge on any atom is 0.340 e. The molecule has 0 fully saturated rings. The lowest BCUT2D eigenvalue weighted by Gasteiger charge is -2.10. The van der Waals surface area contributed by atoms with Crippen LogP contribution in [0.2, 0.25) is 0 Å². The number of nitrogens with one attached hydrogen (secondary N) is 1. The summed E-state index contributed by atoms with van der Waals surface area (Å²) in [4.78, 5) is 29.5. The number of carbonyl (C=O) groups excluding carboxylic acids is 2. The van der Waals surface area contributed by atoms with Crippen molar-refractivity contribution in [1.29, 1.82) is 0 Å². The molecule has 2 aromatic heterocycles. The van der Waals surface area contributed by atoms with Crippen LogP contribution < -0.4 is 5.32 Å². The first-order valence-electron chi connectivity index (χ1n) is 10.7. The molecule has 1 N–H and O–H groups in total. The van der Waals surface area contributed by atoms with Gasteiger partial charge in [0.05, 0.1) is 17.7 Å². The lowest BCUT2D eigenvalue weighted by molar-refractivity contribution is -0.115. The average Bonchev–Trinajstić information content (AvgIpc) is 3.37. The van der Waals surface area contributed by atoms with Gasteiger partial charge in [-0.15, -0.1) is 11.3 Å². The number of rotatable bonds is 7. The first-order valence-corrected chi connectivity index (χ1v) is 11.6. The van der Waals surface area contributed by atoms with Gasteiger partial charge in [0.25, 0.3) is 0 Å². The van der Waals surface area contributed by atoms with Gasteiger partial charge in [-0.1, -0.05) is 18.2 Å². The van der Waals surface area contributed by atoms with Crippen LogP contribution in [0.5, 0.6) is 0 Å². The van der Waals surface area contributed by atoms with E-state index in [-0.39, 0.29) is 24.8 Å². The maximum atomic E-state index is 13.3. The van der Waals surface area contributed by atoms with Gasteiger partial charge >= 0.3 is 5.97 Å². The van der Waals surface area contributed by atoms with Gasteiger partial charge in [0.15, 0.2) is 0 Å². The van der Waals surface area contributed by atoms with Crippen LogP contribution in [-0.2, 0) is 22.6 Å². The topological polar surface area (TPSA) is 73.2 Å². The molecule has 0 bridgehead atoms. The minimum atomic E-state index is -0.465. The Morgan fingerprint density at radius 3 is 2.56 bits per heavy atom. The molecule has 4 rings (SSSR count). The van der Waals surface area contributed by atoms with E-state index in [9.17, 15) is 14.0 Å². The quantitative estimate of drug-likeness (QED) is 0.355. The van der Waals surface area contributed by atoms with Crippen LogP contribution in [0.4, 0.5) is 10.1 Å². The molecule has 2 aromatic carbocycles. The molecule has 4 aromatic rings. The fourth-order valence-electron chi connectivity index (χ4n) is 3.72. The summed E-state index contributed by atoms with van der Waals surface area (Å²) in [5.41, 5.74) is 5.10. The molecule has 6 nitrogen and oxygen atoms in total. The van der Waals surface area contributed by atoms with E-state index in [0.29, 0.717) is 22.0 Å². The number of anilines is 1. The second-order valence-electron chi connectivity index (χ2n) is 7.95. The number of ether oxygens (including phenoxy) is 1. The molecule has 0 unspecified atom stereocenters. The minimum Gasteiger partial charge on any atom is -0.455 e. The predicted molar refractivity (Wildman–Crippen MR) is 130 cm³/mol. The zero-order valence-electron chi connectivity index (χ0n) is 19.1. The second kappa shape index (κ2) is 10.0. The molecule has 174 valence electrons. The first-order chi connectivity index (χ1) is 16.3. The lowest BCUT2D eigenvalue weighted by atomic mass is 10.2. The van der Waals surface area contributed by atoms with Crippen LogP contribution >= 0.6 is 11.3 Å². The molecular weight excluding hydrogens is 453 g/mol. The number of aromatic nitrogens is 2. The SMILES string of the molecule is Cc1ccccc1NC(=O)Cc1nc(COC(=O)c2cc(C)n(-c3ccc(F)cc3)c2C)cs1. The number of thiazole rings is 1. The van der Waals surface area contributed by atoms with Crippen molar-refractivity contribution >= 4 is 28.9 Å². The van der Waals surface area contributed by atoms with Crippen molar-refractivity contribution in [2.45, 2.75) is 33.8 Å². The van der Waals surface area contributed by atoms with Crippen LogP contribution in [-0.4, -0.2) is 21.4 Å². The van der Waals surface area contributed by atoms with E-state index in [1.54, 1.807) is 23.6 Å². The largest absolute Gasteiger partial charge is 0.455 e. The van der Waals surface area contributed by atoms with Crippen molar-refractivity contribution in [3.8, 4) is 5.69 Å². The number of aryl methyl sites for hydroxylation is 2. The van der Waals surface area contributed by atoms with E-state index in [2.05, 4.69) is 10.3 Å². The van der Waals surface area contributed by atoms with E-state index >= 15 is 0 Å². The van der Waals surface area contributed by atoms with Crippen molar-refractivity contribution in [2.24, 2.45) is 0 Å². The van der Waals surface area contributed by atoms with Gasteiger partial charge in [-0.3, -0.25) is 4.79 Å². The van der Waals surface area contributed by atoms with Crippen molar-refractivity contribution in [3.63, 3.8) is 0 Å². The molecule has 0 aliphatic rings. The Bertz CT molecular complexity index is 1340. The van der Waals surface area contributed by atoms with Gasteiger partial charge in [0, 0.05) is 28.1 Å². The van der Waals surface area contributed by atoms with Gasteiger partial charge in [0.1, 0.15) is 17.4 Å². The highest BCUT2D eigenvalue weighted by Gasteiger charge is 2.19. The summed E-state index contributed by atoms with van der Waals surface area (Å²) < 4.78 is 20.6. The highest BCUT2D eigenvalue weighted by Crippen LogP contribution is 2.22. The first kappa shape index (κ1) is 23.4. The molecule has 1 amide bonds. The van der Waals surface area contributed by atoms with Crippen molar-refractivity contribution in [1.82, 2.24) is 9.55 Å². The van der Waals surface area contributed by atoms with Crippen molar-refractivity contribution < 1.29 is 18.7 Å². The van der Waals surface area contributed by atoms with Gasteiger partial charge in [-0.25, -0.2) is 14.2 Å². The molecule has 0 aliphatic heterocycles. The number of halogens is 1. The van der Waals surface area contributed by atoms with Crippen LogP contribution in [0.3, 0.4) is 0 Å². The third-order valence-corrected chi connectivity index (χ3v) is 6.31. The average molecular weight is 478 g/mol. The second-order valence-corrected chi connectivity index (χ2v) is 8.89. The number of esters is 1. The number of para-hydroxylation sites is 1. The summed E-state index contributed by atoms with van der Waals surface area (Å²) in [6.07, 6.45) is 0.145. The number of nitrogens with zero attached hydrogens (tertiary/aromatic N) is 2. The molecule has 8 heteroatoms. The minimum absolute atomic E-state index is 0.00889. The van der Waals surface area contributed by atoms with E-state index in [4.69, 9.17) is 4.74 Å². The zero-order valence-corrected chi connectivity index (χ0v) is 19.9. The van der Waals surface area contributed by atoms with Crippen molar-refractivity contribution in [2.75, 3.05) is 5.32 Å². The predicted octanol–water partition coefficient (Wildman–Crippen LogP) is 5.54. The highest BCUT2D eigenvalue weighted by atomic mass is 32.1. The summed E-state index contributed by atoms with van der Waals surface area (Å²) >= 11 is 1.35. The van der Waals surface area contributed by atoms with Gasteiger partial charge in [-0.05, 0) is 62.7 Å². The van der Waals surface area contributed by atoms with Crippen LogP contribution in [0.25, 0.3) is 5.69 Å². The van der Waals surface area contributed by atoms with E-state index in [0.717, 1.165) is 22.6 Å². The Kier molecular flexibility index (Phi) is 6.88. The van der Waals surface area contributed by atoms with E-state index < -0.39 is 5.97 Å². The van der Waals surface area contributed by atoms with Crippen LogP contribution in [0.15, 0.2) is 60.0 Å². The molecule has 0 aliphatic carbocycles. The smallest absolute Gasteiger partial charge is 0.340 e. The number of carbonyl (C=O) groups is 2. The molecule has 0 atom stereocenters. The van der Waals surface area contributed by atoms with Crippen LogP contribution in [0.1, 0.15) is 38.0 Å².